The Bertz CT molecular complexity index is 451. The van der Waals surface area contributed by atoms with Crippen LogP contribution in [0.25, 0.3) is 0 Å². The van der Waals surface area contributed by atoms with Gasteiger partial charge in [0, 0.05) is 0 Å². The van der Waals surface area contributed by atoms with Crippen molar-refractivity contribution in [1.29, 1.82) is 0 Å². The largest absolute Gasteiger partial charge is 0.385 e. The standard InChI is InChI=1S/C9H17NO8S/c1-8(2)17-5-3-15-9(12,4-16-19(10,13)14)7(11)6(5)18-8/h5-7,11-12H,3-4H2,1-2H3,(H2,10,13,14)/t5-,6-,7+,9-/m1/s1. The van der Waals surface area contributed by atoms with E-state index in [1.54, 1.807) is 13.8 Å². The topological polar surface area (TPSA) is 138 Å². The van der Waals surface area contributed by atoms with Crippen LogP contribution in [0.2, 0.25) is 0 Å². The van der Waals surface area contributed by atoms with E-state index >= 15 is 0 Å². The van der Waals surface area contributed by atoms with Crippen LogP contribution < -0.4 is 5.14 Å². The van der Waals surface area contributed by atoms with Gasteiger partial charge < -0.3 is 24.4 Å². The summed E-state index contributed by atoms with van der Waals surface area (Å²) in [5, 5.41) is 24.8. The highest BCUT2D eigenvalue weighted by Gasteiger charge is 2.56. The third-order valence-corrected chi connectivity index (χ3v) is 3.37. The van der Waals surface area contributed by atoms with Crippen LogP contribution in [0.3, 0.4) is 0 Å². The smallest absolute Gasteiger partial charge is 0.333 e. The lowest BCUT2D eigenvalue weighted by atomic mass is 9.98. The first-order valence-electron chi connectivity index (χ1n) is 5.60. The van der Waals surface area contributed by atoms with Crippen LogP contribution in [0.5, 0.6) is 0 Å². The predicted octanol–water partition coefficient (Wildman–Crippen LogP) is -2.19. The lowest BCUT2D eigenvalue weighted by Gasteiger charge is -2.40. The summed E-state index contributed by atoms with van der Waals surface area (Å²) in [6.07, 6.45) is -2.94. The third kappa shape index (κ3) is 3.23. The number of hydrogen-bond donors (Lipinski definition) is 3. The Labute approximate surface area is 110 Å². The zero-order valence-electron chi connectivity index (χ0n) is 10.5. The van der Waals surface area contributed by atoms with Crippen molar-refractivity contribution in [2.45, 2.75) is 43.7 Å². The molecule has 112 valence electrons. The fourth-order valence-corrected chi connectivity index (χ4v) is 2.45. The molecule has 2 fully saturated rings. The minimum atomic E-state index is -4.25. The molecule has 0 saturated carbocycles. The van der Waals surface area contributed by atoms with Crippen molar-refractivity contribution >= 4 is 10.3 Å². The van der Waals surface area contributed by atoms with E-state index in [9.17, 15) is 18.6 Å². The van der Waals surface area contributed by atoms with Crippen LogP contribution in [0, 0.1) is 0 Å². The highest BCUT2D eigenvalue weighted by Crippen LogP contribution is 2.37. The summed E-state index contributed by atoms with van der Waals surface area (Å²) in [6, 6.07) is 0. The van der Waals surface area contributed by atoms with Gasteiger partial charge in [-0.2, -0.15) is 8.42 Å². The lowest BCUT2D eigenvalue weighted by molar-refractivity contribution is -0.315. The van der Waals surface area contributed by atoms with Gasteiger partial charge in [0.2, 0.25) is 5.79 Å². The average molecular weight is 299 g/mol. The van der Waals surface area contributed by atoms with Crippen LogP contribution in [0.15, 0.2) is 0 Å². The zero-order valence-corrected chi connectivity index (χ0v) is 11.3. The first-order chi connectivity index (χ1) is 8.53. The van der Waals surface area contributed by atoms with Gasteiger partial charge in [-0.3, -0.25) is 4.18 Å². The van der Waals surface area contributed by atoms with Gasteiger partial charge in [-0.05, 0) is 13.8 Å². The van der Waals surface area contributed by atoms with Crippen LogP contribution in [-0.4, -0.2) is 61.7 Å². The summed E-state index contributed by atoms with van der Waals surface area (Å²) in [5.74, 6) is -3.15. The van der Waals surface area contributed by atoms with Gasteiger partial charge in [0.05, 0.1) is 6.61 Å². The second-order valence-electron chi connectivity index (χ2n) is 4.99. The van der Waals surface area contributed by atoms with Crippen molar-refractivity contribution in [3.05, 3.63) is 0 Å². The molecule has 2 saturated heterocycles. The number of aliphatic hydroxyl groups excluding tert-OH is 1. The van der Waals surface area contributed by atoms with Gasteiger partial charge in [0.25, 0.3) is 0 Å². The zero-order chi connectivity index (χ0) is 14.5. The molecule has 2 rings (SSSR count). The molecule has 2 aliphatic rings. The van der Waals surface area contributed by atoms with E-state index in [1.165, 1.54) is 0 Å². The van der Waals surface area contributed by atoms with E-state index in [2.05, 4.69) is 9.32 Å². The molecule has 10 heteroatoms. The van der Waals surface area contributed by atoms with Crippen LogP contribution in [-0.2, 0) is 28.7 Å². The van der Waals surface area contributed by atoms with E-state index in [1.807, 2.05) is 0 Å². The summed E-state index contributed by atoms with van der Waals surface area (Å²) >= 11 is 0. The highest BCUT2D eigenvalue weighted by atomic mass is 32.2. The SMILES string of the molecule is CC1(C)O[C@@H]2[C@@H](CO[C@](O)(COS(N)(=O)=O)[C@H]2O)O1. The fourth-order valence-electron chi connectivity index (χ4n) is 2.12. The minimum Gasteiger partial charge on any atom is -0.385 e. The second-order valence-corrected chi connectivity index (χ2v) is 6.22. The van der Waals surface area contributed by atoms with Gasteiger partial charge >= 0.3 is 10.3 Å². The van der Waals surface area contributed by atoms with Gasteiger partial charge in [0.15, 0.2) is 5.79 Å². The van der Waals surface area contributed by atoms with Crippen LogP contribution >= 0.6 is 0 Å². The Morgan fingerprint density at radius 1 is 1.42 bits per heavy atom. The molecule has 4 N–H and O–H groups in total. The van der Waals surface area contributed by atoms with Crippen molar-refractivity contribution in [1.82, 2.24) is 0 Å². The fraction of sp³-hybridized carbons (Fsp3) is 1.00. The minimum absolute atomic E-state index is 0.0738. The number of rotatable bonds is 3. The molecule has 0 radical (unpaired) electrons. The molecule has 0 bridgehead atoms. The number of nitrogens with two attached hydrogens (primary N) is 1. The summed E-state index contributed by atoms with van der Waals surface area (Å²) in [4.78, 5) is 0. The summed E-state index contributed by atoms with van der Waals surface area (Å²) in [7, 11) is -4.25. The Hall–Kier alpha value is -0.330. The maximum atomic E-state index is 10.7. The van der Waals surface area contributed by atoms with Crippen molar-refractivity contribution in [2.75, 3.05) is 13.2 Å². The Balaban J connectivity index is 2.09. The molecule has 0 aromatic heterocycles. The molecular formula is C9H17NO8S. The van der Waals surface area contributed by atoms with Gasteiger partial charge in [-0.15, -0.1) is 0 Å². The maximum Gasteiger partial charge on any atom is 0.333 e. The molecule has 2 aliphatic heterocycles. The number of hydrogen-bond acceptors (Lipinski definition) is 8. The summed E-state index contributed by atoms with van der Waals surface area (Å²) < 4.78 is 41.6. The molecule has 0 amide bonds. The van der Waals surface area contributed by atoms with Crippen molar-refractivity contribution < 1.29 is 37.0 Å². The molecule has 4 atom stereocenters. The van der Waals surface area contributed by atoms with Crippen molar-refractivity contribution in [2.24, 2.45) is 5.14 Å². The van der Waals surface area contributed by atoms with E-state index in [-0.39, 0.29) is 6.61 Å². The molecule has 19 heavy (non-hydrogen) atoms. The number of ether oxygens (including phenoxy) is 3. The second kappa shape index (κ2) is 4.60. The summed E-state index contributed by atoms with van der Waals surface area (Å²) in [5.41, 5.74) is 0. The van der Waals surface area contributed by atoms with E-state index in [0.717, 1.165) is 0 Å². The van der Waals surface area contributed by atoms with Gasteiger partial charge in [0.1, 0.15) is 24.9 Å². The Morgan fingerprint density at radius 2 is 2.05 bits per heavy atom. The Kier molecular flexibility index (Phi) is 3.65. The van der Waals surface area contributed by atoms with E-state index in [4.69, 9.17) is 14.2 Å². The monoisotopic (exact) mass is 299 g/mol. The normalized spacial score (nSPS) is 42.1. The van der Waals surface area contributed by atoms with E-state index < -0.39 is 46.8 Å². The quantitative estimate of drug-likeness (QED) is 0.534. The molecule has 0 aromatic rings. The van der Waals surface area contributed by atoms with Crippen molar-refractivity contribution in [3.63, 3.8) is 0 Å². The maximum absolute atomic E-state index is 10.7. The Morgan fingerprint density at radius 3 is 2.63 bits per heavy atom. The van der Waals surface area contributed by atoms with Gasteiger partial charge in [-0.1, -0.05) is 0 Å². The number of fused-ring (bicyclic) bond motifs is 1. The molecule has 9 nitrogen and oxygen atoms in total. The predicted molar refractivity (Wildman–Crippen MR) is 59.8 cm³/mol. The van der Waals surface area contributed by atoms with E-state index in [0.29, 0.717) is 0 Å². The molecule has 2 heterocycles. The number of aliphatic hydroxyl groups is 2. The van der Waals surface area contributed by atoms with Crippen LogP contribution in [0.1, 0.15) is 13.8 Å². The average Bonchev–Trinajstić information content (AvgIpc) is 2.56. The summed E-state index contributed by atoms with van der Waals surface area (Å²) in [6.45, 7) is 2.39. The van der Waals surface area contributed by atoms with Crippen LogP contribution in [0.4, 0.5) is 0 Å². The molecule has 0 spiro atoms. The van der Waals surface area contributed by atoms with Crippen molar-refractivity contribution in [3.8, 4) is 0 Å². The molecular weight excluding hydrogens is 282 g/mol. The third-order valence-electron chi connectivity index (χ3n) is 2.92. The first kappa shape index (κ1) is 15.1. The first-order valence-corrected chi connectivity index (χ1v) is 7.07. The van der Waals surface area contributed by atoms with Gasteiger partial charge in [-0.25, -0.2) is 5.14 Å². The molecule has 0 aliphatic carbocycles. The molecule has 0 aromatic carbocycles. The highest BCUT2D eigenvalue weighted by molar-refractivity contribution is 7.84. The lowest BCUT2D eigenvalue weighted by Crippen LogP contribution is -2.62. The molecule has 0 unspecified atom stereocenters.